The molecule has 4 saturated carbocycles. The second kappa shape index (κ2) is 10.1. The highest BCUT2D eigenvalue weighted by Gasteiger charge is 2.70. The molecule has 0 amide bonds. The molecule has 1 aromatic carbocycles. The Balaban J connectivity index is 1.48. The number of carbonyl (C=O) groups is 2. The Morgan fingerprint density at radius 1 is 1.02 bits per heavy atom. The van der Waals surface area contributed by atoms with Crippen molar-refractivity contribution in [3.63, 3.8) is 0 Å². The van der Waals surface area contributed by atoms with Crippen LogP contribution in [0.2, 0.25) is 0 Å². The van der Waals surface area contributed by atoms with Gasteiger partial charge in [-0.15, -0.1) is 0 Å². The lowest BCUT2D eigenvalue weighted by Crippen LogP contribution is -2.66. The number of esters is 1. The maximum atomic E-state index is 14.3. The summed E-state index contributed by atoms with van der Waals surface area (Å²) in [6, 6.07) is 6.42. The van der Waals surface area contributed by atoms with Crippen LogP contribution in [-0.2, 0) is 14.3 Å². The van der Waals surface area contributed by atoms with E-state index in [0.717, 1.165) is 25.2 Å². The number of ketones is 1. The summed E-state index contributed by atoms with van der Waals surface area (Å²) < 4.78 is 5.38. The number of hydrogen-bond donors (Lipinski definition) is 0. The van der Waals surface area contributed by atoms with E-state index in [-0.39, 0.29) is 39.6 Å². The second-order valence-electron chi connectivity index (χ2n) is 16.5. The number of allylic oxidation sites excluding steroid dienone is 3. The fourth-order valence-electron chi connectivity index (χ4n) is 11.9. The molecule has 0 unspecified atom stereocenters. The number of nitrogens with zero attached hydrogens (tertiary/aromatic N) is 1. The minimum atomic E-state index is -1.31. The predicted octanol–water partition coefficient (Wildman–Crippen LogP) is 8.99. The highest BCUT2D eigenvalue weighted by atomic mass is 16.6. The lowest BCUT2D eigenvalue weighted by molar-refractivity contribution is -0.384. The first kappa shape index (κ1) is 31.2. The minimum absolute atomic E-state index is 0.0129. The van der Waals surface area contributed by atoms with Crippen molar-refractivity contribution in [1.29, 1.82) is 0 Å². The molecule has 6 heteroatoms. The number of benzene rings is 1. The van der Waals surface area contributed by atoms with Gasteiger partial charge >= 0.3 is 5.97 Å². The fraction of sp³-hybridized carbons (Fsp3) is 0.684. The lowest BCUT2D eigenvalue weighted by atomic mass is 9.33. The van der Waals surface area contributed by atoms with E-state index in [2.05, 4.69) is 47.6 Å². The third-order valence-electron chi connectivity index (χ3n) is 14.7. The Bertz CT molecular complexity index is 1480. The SMILES string of the molecule is COC(=O)[C@@]1(C)C(=O)/C(=C/c2cccc([N+](=O)[O-])c2)C[C@]2(C)[C@H]3CC=C4[C@@H]5[C@@H](C)[C@H](C)CC[C@]5(C)CC[C@@]4(C)[C@]3(C)CC[C@@H]12. The molecule has 0 heterocycles. The molecule has 0 aliphatic heterocycles. The number of nitro benzene ring substituents is 1. The van der Waals surface area contributed by atoms with Crippen LogP contribution < -0.4 is 0 Å². The molecule has 0 spiro atoms. The lowest BCUT2D eigenvalue weighted by Gasteiger charge is -2.71. The summed E-state index contributed by atoms with van der Waals surface area (Å²) >= 11 is 0. The van der Waals surface area contributed by atoms with Crippen molar-refractivity contribution in [3.8, 4) is 0 Å². The summed E-state index contributed by atoms with van der Waals surface area (Å²) in [5.74, 6) is 1.46. The van der Waals surface area contributed by atoms with Crippen LogP contribution in [-0.4, -0.2) is 23.8 Å². The molecule has 0 radical (unpaired) electrons. The van der Waals surface area contributed by atoms with Crippen molar-refractivity contribution >= 4 is 23.5 Å². The van der Waals surface area contributed by atoms with Gasteiger partial charge in [0.2, 0.25) is 0 Å². The van der Waals surface area contributed by atoms with Gasteiger partial charge in [-0.1, -0.05) is 65.3 Å². The van der Waals surface area contributed by atoms with Gasteiger partial charge in [-0.2, -0.15) is 0 Å². The summed E-state index contributed by atoms with van der Waals surface area (Å²) in [7, 11) is 1.38. The summed E-state index contributed by atoms with van der Waals surface area (Å²) in [6.07, 6.45) is 12.8. The van der Waals surface area contributed by atoms with Gasteiger partial charge < -0.3 is 4.74 Å². The molecule has 238 valence electrons. The third-order valence-corrected chi connectivity index (χ3v) is 14.7. The zero-order valence-corrected chi connectivity index (χ0v) is 28.0. The normalized spacial score (nSPS) is 45.7. The summed E-state index contributed by atoms with van der Waals surface area (Å²) in [5, 5.41) is 11.5. The number of rotatable bonds is 3. The molecule has 0 aromatic heterocycles. The number of hydrogen-bond acceptors (Lipinski definition) is 5. The van der Waals surface area contributed by atoms with E-state index in [1.807, 2.05) is 0 Å². The Kier molecular flexibility index (Phi) is 7.18. The van der Waals surface area contributed by atoms with Crippen LogP contribution in [0, 0.1) is 66.8 Å². The average molecular weight is 602 g/mol. The van der Waals surface area contributed by atoms with Crippen molar-refractivity contribution in [2.45, 2.75) is 99.8 Å². The number of carbonyl (C=O) groups excluding carboxylic acids is 2. The maximum Gasteiger partial charge on any atom is 0.319 e. The fourth-order valence-corrected chi connectivity index (χ4v) is 11.9. The van der Waals surface area contributed by atoms with Crippen LogP contribution in [0.25, 0.3) is 6.08 Å². The molecule has 1 aromatic rings. The largest absolute Gasteiger partial charge is 0.468 e. The van der Waals surface area contributed by atoms with Crippen LogP contribution in [0.1, 0.15) is 105 Å². The number of ether oxygens (including phenoxy) is 1. The Morgan fingerprint density at radius 2 is 1.75 bits per heavy atom. The van der Waals surface area contributed by atoms with Gasteiger partial charge in [-0.3, -0.25) is 19.7 Å². The molecule has 44 heavy (non-hydrogen) atoms. The van der Waals surface area contributed by atoms with E-state index in [4.69, 9.17) is 4.74 Å². The molecule has 4 fully saturated rings. The summed E-state index contributed by atoms with van der Waals surface area (Å²) in [5.41, 5.74) is 1.68. The Morgan fingerprint density at radius 3 is 2.43 bits per heavy atom. The van der Waals surface area contributed by atoms with Gasteiger partial charge in [0, 0.05) is 12.1 Å². The third kappa shape index (κ3) is 4.04. The van der Waals surface area contributed by atoms with Crippen LogP contribution in [0.5, 0.6) is 0 Å². The first-order valence-corrected chi connectivity index (χ1v) is 16.9. The zero-order chi connectivity index (χ0) is 32.0. The molecule has 10 atom stereocenters. The maximum absolute atomic E-state index is 14.3. The van der Waals surface area contributed by atoms with Crippen molar-refractivity contribution in [3.05, 3.63) is 57.2 Å². The Hall–Kier alpha value is -2.76. The quantitative estimate of drug-likeness (QED) is 0.0862. The molecule has 6 nitrogen and oxygen atoms in total. The molecule has 5 aliphatic rings. The van der Waals surface area contributed by atoms with Gasteiger partial charge in [0.05, 0.1) is 12.0 Å². The summed E-state index contributed by atoms with van der Waals surface area (Å²) in [4.78, 5) is 39.1. The van der Waals surface area contributed by atoms with Gasteiger partial charge in [0.25, 0.3) is 5.69 Å². The number of fused-ring (bicyclic) bond motifs is 7. The highest BCUT2D eigenvalue weighted by Crippen LogP contribution is 2.75. The van der Waals surface area contributed by atoms with Crippen molar-refractivity contribution < 1.29 is 19.2 Å². The second-order valence-corrected chi connectivity index (χ2v) is 16.5. The van der Waals surface area contributed by atoms with Crippen molar-refractivity contribution in [2.24, 2.45) is 56.7 Å². The van der Waals surface area contributed by atoms with Gasteiger partial charge in [0.1, 0.15) is 5.41 Å². The molecule has 0 saturated heterocycles. The minimum Gasteiger partial charge on any atom is -0.468 e. The van der Waals surface area contributed by atoms with E-state index < -0.39 is 16.3 Å². The molecular formula is C38H51NO5. The molecule has 0 N–H and O–H groups in total. The first-order valence-electron chi connectivity index (χ1n) is 16.9. The van der Waals surface area contributed by atoms with Crippen molar-refractivity contribution in [2.75, 3.05) is 7.11 Å². The van der Waals surface area contributed by atoms with Crippen molar-refractivity contribution in [1.82, 2.24) is 0 Å². The van der Waals surface area contributed by atoms with Crippen LogP contribution >= 0.6 is 0 Å². The number of Topliss-reactive ketones (excluding diaryl/α,β-unsaturated/α-hetero) is 1. The smallest absolute Gasteiger partial charge is 0.319 e. The topological polar surface area (TPSA) is 86.5 Å². The zero-order valence-electron chi connectivity index (χ0n) is 28.0. The van der Waals surface area contributed by atoms with Crippen LogP contribution in [0.15, 0.2) is 41.5 Å². The van der Waals surface area contributed by atoms with Gasteiger partial charge in [0.15, 0.2) is 5.78 Å². The molecule has 6 rings (SSSR count). The van der Waals surface area contributed by atoms with Gasteiger partial charge in [-0.05, 0) is 127 Å². The molecular weight excluding hydrogens is 550 g/mol. The van der Waals surface area contributed by atoms with Crippen LogP contribution in [0.4, 0.5) is 5.69 Å². The monoisotopic (exact) mass is 601 g/mol. The number of methoxy groups -OCH3 is 1. The van der Waals surface area contributed by atoms with Crippen LogP contribution in [0.3, 0.4) is 0 Å². The van der Waals surface area contributed by atoms with E-state index >= 15 is 0 Å². The standard InChI is InChI=1S/C38H51NO5/c1-23-14-16-34(3)18-19-36(5)28(31(34)24(23)2)12-13-29-35(4)22-26(20-25-10-9-11-27(21-25)39(42)43)32(40)38(7,33(41)44-8)30(35)15-17-37(29,36)6/h9-12,20-21,23-24,29-31H,13-19,22H2,1-8H3/b26-20+/t23-,24+,29-,30-,31+,34-,35-,36-,37-,38-/m1/s1. The van der Waals surface area contributed by atoms with E-state index in [0.29, 0.717) is 34.8 Å². The predicted molar refractivity (Wildman–Crippen MR) is 172 cm³/mol. The molecule has 0 bridgehead atoms. The van der Waals surface area contributed by atoms with Gasteiger partial charge in [-0.25, -0.2) is 0 Å². The average Bonchev–Trinajstić information content (AvgIpc) is 2.98. The van der Waals surface area contributed by atoms with E-state index in [1.54, 1.807) is 30.7 Å². The number of nitro groups is 1. The number of non-ortho nitro benzene ring substituents is 1. The molecule has 5 aliphatic carbocycles. The Labute approximate surface area is 263 Å². The van der Waals surface area contributed by atoms with E-state index in [1.165, 1.54) is 44.9 Å². The first-order chi connectivity index (χ1) is 20.6. The van der Waals surface area contributed by atoms with E-state index in [9.17, 15) is 19.7 Å². The summed E-state index contributed by atoms with van der Waals surface area (Å²) in [6.45, 7) is 16.7. The highest BCUT2D eigenvalue weighted by molar-refractivity contribution is 6.15.